The van der Waals surface area contributed by atoms with E-state index < -0.39 is 5.41 Å². The van der Waals surface area contributed by atoms with Crippen LogP contribution in [0.1, 0.15) is 79.6 Å². The number of ether oxygens (including phenoxy) is 1. The molecule has 3 saturated carbocycles. The predicted molar refractivity (Wildman–Crippen MR) is 116 cm³/mol. The van der Waals surface area contributed by atoms with E-state index in [9.17, 15) is 14.4 Å². The standard InChI is InChI=1S/C26H38O4/c1-24(2,3)23(29)30-15-22(28)21-9-8-19-18-7-6-16-14-17(27)10-12-25(16,4)20(18)11-13-26(19,21)5/h6-7,16,18-21H,8-15H2,1-5H3/t16-,18-,19-,20-,21+,25-,26-/m0/s1. The minimum absolute atomic E-state index is 0.00951. The number of hydrogen-bond acceptors (Lipinski definition) is 4. The van der Waals surface area contributed by atoms with Crippen molar-refractivity contribution in [1.29, 1.82) is 0 Å². The first-order valence-electron chi connectivity index (χ1n) is 11.9. The van der Waals surface area contributed by atoms with Crippen LogP contribution in [0, 0.1) is 45.8 Å². The van der Waals surface area contributed by atoms with E-state index in [1.807, 2.05) is 20.8 Å². The minimum atomic E-state index is -0.583. The Morgan fingerprint density at radius 3 is 2.43 bits per heavy atom. The molecule has 0 aromatic rings. The summed E-state index contributed by atoms with van der Waals surface area (Å²) in [4.78, 5) is 37.2. The largest absolute Gasteiger partial charge is 0.457 e. The molecule has 7 atom stereocenters. The Bertz CT molecular complexity index is 774. The number of hydrogen-bond donors (Lipinski definition) is 0. The number of Topliss-reactive ketones (excluding diaryl/α,β-unsaturated/α-hetero) is 2. The van der Waals surface area contributed by atoms with E-state index in [2.05, 4.69) is 26.0 Å². The Labute approximate surface area is 181 Å². The average Bonchev–Trinajstić information content (AvgIpc) is 3.03. The zero-order valence-corrected chi connectivity index (χ0v) is 19.3. The van der Waals surface area contributed by atoms with Gasteiger partial charge in [0.15, 0.2) is 5.78 Å². The van der Waals surface area contributed by atoms with Gasteiger partial charge in [0.1, 0.15) is 12.4 Å². The molecule has 0 spiro atoms. The zero-order valence-electron chi connectivity index (χ0n) is 19.3. The second kappa shape index (κ2) is 7.31. The van der Waals surface area contributed by atoms with Crippen LogP contribution in [-0.2, 0) is 19.1 Å². The van der Waals surface area contributed by atoms with E-state index in [0.717, 1.165) is 38.5 Å². The number of ketones is 2. The van der Waals surface area contributed by atoms with Gasteiger partial charge in [-0.1, -0.05) is 26.0 Å². The maximum absolute atomic E-state index is 13.1. The predicted octanol–water partition coefficient (Wildman–Crippen LogP) is 5.15. The van der Waals surface area contributed by atoms with E-state index in [1.54, 1.807) is 0 Å². The van der Waals surface area contributed by atoms with Crippen molar-refractivity contribution in [3.8, 4) is 0 Å². The molecular formula is C26H38O4. The molecule has 0 bridgehead atoms. The van der Waals surface area contributed by atoms with Crippen LogP contribution in [0.3, 0.4) is 0 Å². The van der Waals surface area contributed by atoms with Gasteiger partial charge in [-0.3, -0.25) is 14.4 Å². The number of esters is 1. The van der Waals surface area contributed by atoms with Crippen LogP contribution in [0.4, 0.5) is 0 Å². The van der Waals surface area contributed by atoms with Crippen molar-refractivity contribution >= 4 is 17.5 Å². The molecule has 0 unspecified atom stereocenters. The molecule has 3 fully saturated rings. The number of carbonyl (C=O) groups is 3. The summed E-state index contributed by atoms with van der Waals surface area (Å²) in [7, 11) is 0. The molecule has 4 nitrogen and oxygen atoms in total. The lowest BCUT2D eigenvalue weighted by atomic mass is 9.46. The lowest BCUT2D eigenvalue weighted by Crippen LogP contribution is -2.52. The number of fused-ring (bicyclic) bond motifs is 5. The minimum Gasteiger partial charge on any atom is -0.457 e. The molecule has 0 amide bonds. The molecule has 4 heteroatoms. The Morgan fingerprint density at radius 2 is 1.73 bits per heavy atom. The van der Waals surface area contributed by atoms with Gasteiger partial charge in [0.05, 0.1) is 5.41 Å². The van der Waals surface area contributed by atoms with Crippen molar-refractivity contribution in [2.45, 2.75) is 79.6 Å². The molecule has 0 radical (unpaired) electrons. The normalized spacial score (nSPS) is 42.8. The van der Waals surface area contributed by atoms with Crippen molar-refractivity contribution in [1.82, 2.24) is 0 Å². The lowest BCUT2D eigenvalue weighted by molar-refractivity contribution is -0.158. The van der Waals surface area contributed by atoms with Gasteiger partial charge in [0, 0.05) is 18.8 Å². The fourth-order valence-electron chi connectivity index (χ4n) is 7.40. The fraction of sp³-hybridized carbons (Fsp3) is 0.808. The Hall–Kier alpha value is -1.45. The SMILES string of the molecule is CC(C)(C)C(=O)OCC(=O)[C@H]1CC[C@H]2[C@@H]3C=C[C@H]4CC(=O)CC[C@]4(C)[C@H]3CC[C@]12C. The molecule has 166 valence electrons. The first kappa shape index (κ1) is 21.8. The van der Waals surface area contributed by atoms with Gasteiger partial charge < -0.3 is 4.74 Å². The van der Waals surface area contributed by atoms with Crippen LogP contribution in [0.5, 0.6) is 0 Å². The molecule has 0 N–H and O–H groups in total. The molecule has 30 heavy (non-hydrogen) atoms. The monoisotopic (exact) mass is 414 g/mol. The zero-order chi connectivity index (χ0) is 21.9. The third kappa shape index (κ3) is 3.39. The second-order valence-corrected chi connectivity index (χ2v) is 12.0. The molecule has 0 heterocycles. The van der Waals surface area contributed by atoms with E-state index in [4.69, 9.17) is 4.74 Å². The highest BCUT2D eigenvalue weighted by Crippen LogP contribution is 2.65. The molecule has 0 aromatic heterocycles. The molecule has 4 aliphatic carbocycles. The summed E-state index contributed by atoms with van der Waals surface area (Å²) >= 11 is 0. The van der Waals surface area contributed by atoms with Gasteiger partial charge in [-0.2, -0.15) is 0 Å². The fourth-order valence-corrected chi connectivity index (χ4v) is 7.40. The van der Waals surface area contributed by atoms with Gasteiger partial charge in [0.2, 0.25) is 0 Å². The van der Waals surface area contributed by atoms with E-state index in [1.165, 1.54) is 0 Å². The Balaban J connectivity index is 1.50. The van der Waals surface area contributed by atoms with Crippen molar-refractivity contribution < 1.29 is 19.1 Å². The van der Waals surface area contributed by atoms with Crippen molar-refractivity contribution in [2.75, 3.05) is 6.61 Å². The Kier molecular flexibility index (Phi) is 5.30. The van der Waals surface area contributed by atoms with Crippen LogP contribution in [0.25, 0.3) is 0 Å². The van der Waals surface area contributed by atoms with Gasteiger partial charge in [-0.25, -0.2) is 0 Å². The van der Waals surface area contributed by atoms with Crippen LogP contribution in [-0.4, -0.2) is 24.1 Å². The first-order valence-corrected chi connectivity index (χ1v) is 11.9. The summed E-state index contributed by atoms with van der Waals surface area (Å²) in [5.41, 5.74) is -0.371. The van der Waals surface area contributed by atoms with Crippen LogP contribution >= 0.6 is 0 Å². The maximum atomic E-state index is 13.1. The first-order chi connectivity index (χ1) is 14.0. The third-order valence-corrected chi connectivity index (χ3v) is 9.33. The summed E-state index contributed by atoms with van der Waals surface area (Å²) in [5.74, 6) is 2.22. The highest BCUT2D eigenvalue weighted by atomic mass is 16.5. The number of carbonyl (C=O) groups excluding carboxylic acids is 3. The van der Waals surface area contributed by atoms with Crippen molar-refractivity contribution in [3.05, 3.63) is 12.2 Å². The molecule has 0 aliphatic heterocycles. The molecule has 4 aliphatic rings. The van der Waals surface area contributed by atoms with Gasteiger partial charge in [-0.05, 0) is 87.4 Å². The lowest BCUT2D eigenvalue weighted by Gasteiger charge is -2.57. The third-order valence-electron chi connectivity index (χ3n) is 9.33. The summed E-state index contributed by atoms with van der Waals surface area (Å²) in [6, 6.07) is 0. The quantitative estimate of drug-likeness (QED) is 0.473. The van der Waals surface area contributed by atoms with Crippen molar-refractivity contribution in [3.63, 3.8) is 0 Å². The van der Waals surface area contributed by atoms with E-state index in [0.29, 0.717) is 35.9 Å². The van der Waals surface area contributed by atoms with E-state index >= 15 is 0 Å². The second-order valence-electron chi connectivity index (χ2n) is 12.0. The molecule has 4 rings (SSSR count). The van der Waals surface area contributed by atoms with Crippen molar-refractivity contribution in [2.24, 2.45) is 45.8 Å². The highest BCUT2D eigenvalue weighted by Gasteiger charge is 2.60. The van der Waals surface area contributed by atoms with Gasteiger partial charge in [0.25, 0.3) is 0 Å². The molecule has 0 aromatic carbocycles. The van der Waals surface area contributed by atoms with Crippen LogP contribution < -0.4 is 0 Å². The van der Waals surface area contributed by atoms with Crippen LogP contribution in [0.2, 0.25) is 0 Å². The Morgan fingerprint density at radius 1 is 1.03 bits per heavy atom. The van der Waals surface area contributed by atoms with Gasteiger partial charge in [-0.15, -0.1) is 0 Å². The summed E-state index contributed by atoms with van der Waals surface area (Å²) < 4.78 is 5.37. The number of rotatable bonds is 3. The summed E-state index contributed by atoms with van der Waals surface area (Å²) in [6.45, 7) is 10.1. The molecule has 0 saturated heterocycles. The van der Waals surface area contributed by atoms with Crippen LogP contribution in [0.15, 0.2) is 12.2 Å². The topological polar surface area (TPSA) is 60.4 Å². The summed E-state index contributed by atoms with van der Waals surface area (Å²) in [6.07, 6.45) is 11.4. The maximum Gasteiger partial charge on any atom is 0.311 e. The summed E-state index contributed by atoms with van der Waals surface area (Å²) in [5, 5.41) is 0. The average molecular weight is 415 g/mol. The van der Waals surface area contributed by atoms with E-state index in [-0.39, 0.29) is 35.1 Å². The molecular weight excluding hydrogens is 376 g/mol. The van der Waals surface area contributed by atoms with Gasteiger partial charge >= 0.3 is 5.97 Å². The smallest absolute Gasteiger partial charge is 0.311 e. The highest BCUT2D eigenvalue weighted by molar-refractivity contribution is 5.86. The number of allylic oxidation sites excluding steroid dienone is 2.